The minimum atomic E-state index is 0.00813. The van der Waals surface area contributed by atoms with Crippen LogP contribution in [0.2, 0.25) is 5.02 Å². The fourth-order valence-electron chi connectivity index (χ4n) is 2.45. The zero-order chi connectivity index (χ0) is 15.0. The number of nitrogens with zero attached hydrogens (tertiary/aromatic N) is 2. The molecule has 1 fully saturated rings. The Morgan fingerprint density at radius 2 is 2.19 bits per heavy atom. The van der Waals surface area contributed by atoms with E-state index >= 15 is 0 Å². The average molecular weight is 368 g/mol. The molecule has 2 aromatic rings. The highest BCUT2D eigenvalue weighted by Gasteiger charge is 2.28. The van der Waals surface area contributed by atoms with E-state index in [1.54, 1.807) is 11.0 Å². The van der Waals surface area contributed by atoms with Gasteiger partial charge in [-0.15, -0.1) is 0 Å². The molecule has 0 unspecified atom stereocenters. The van der Waals surface area contributed by atoms with E-state index in [0.717, 1.165) is 22.9 Å². The zero-order valence-corrected chi connectivity index (χ0v) is 14.1. The first-order valence-electron chi connectivity index (χ1n) is 6.92. The molecule has 21 heavy (non-hydrogen) atoms. The molecule has 1 aliphatic carbocycles. The molecule has 0 atom stereocenters. The van der Waals surface area contributed by atoms with Crippen molar-refractivity contribution in [2.75, 3.05) is 7.05 Å². The first-order chi connectivity index (χ1) is 10.0. The predicted molar refractivity (Wildman–Crippen MR) is 87.7 cm³/mol. The van der Waals surface area contributed by atoms with Crippen LogP contribution in [-0.2, 0) is 6.54 Å². The van der Waals surface area contributed by atoms with E-state index in [-0.39, 0.29) is 5.91 Å². The molecular weight excluding hydrogens is 352 g/mol. The van der Waals surface area contributed by atoms with Crippen LogP contribution in [0.3, 0.4) is 0 Å². The molecule has 0 radical (unpaired) electrons. The number of hydrogen-bond donors (Lipinski definition) is 0. The molecule has 3 rings (SSSR count). The van der Waals surface area contributed by atoms with Gasteiger partial charge in [-0.2, -0.15) is 0 Å². The fraction of sp³-hybridized carbons (Fsp3) is 0.312. The average Bonchev–Trinajstić information content (AvgIpc) is 3.21. The van der Waals surface area contributed by atoms with Crippen LogP contribution in [-0.4, -0.2) is 22.4 Å². The summed E-state index contributed by atoms with van der Waals surface area (Å²) in [6.07, 6.45) is 4.11. The van der Waals surface area contributed by atoms with Crippen LogP contribution < -0.4 is 0 Å². The third-order valence-electron chi connectivity index (χ3n) is 3.63. The Labute approximate surface area is 137 Å². The molecule has 0 bridgehead atoms. The van der Waals surface area contributed by atoms with E-state index < -0.39 is 0 Å². The van der Waals surface area contributed by atoms with Gasteiger partial charge in [0.2, 0.25) is 0 Å². The van der Waals surface area contributed by atoms with Crippen LogP contribution in [0.4, 0.5) is 0 Å². The highest BCUT2D eigenvalue weighted by atomic mass is 79.9. The lowest BCUT2D eigenvalue weighted by Gasteiger charge is -2.18. The molecule has 0 spiro atoms. The van der Waals surface area contributed by atoms with E-state index in [4.69, 9.17) is 11.6 Å². The van der Waals surface area contributed by atoms with E-state index in [9.17, 15) is 4.79 Å². The normalized spacial score (nSPS) is 14.2. The van der Waals surface area contributed by atoms with Gasteiger partial charge in [0.05, 0.1) is 5.02 Å². The smallest absolute Gasteiger partial charge is 0.270 e. The van der Waals surface area contributed by atoms with Gasteiger partial charge in [-0.1, -0.05) is 39.7 Å². The summed E-state index contributed by atoms with van der Waals surface area (Å²) in [5.41, 5.74) is 1.77. The quantitative estimate of drug-likeness (QED) is 0.780. The van der Waals surface area contributed by atoms with Crippen LogP contribution in [0.5, 0.6) is 0 Å². The molecule has 5 heteroatoms. The number of hydrogen-bond acceptors (Lipinski definition) is 1. The lowest BCUT2D eigenvalue weighted by atomic mass is 10.2. The Hall–Kier alpha value is -1.26. The van der Waals surface area contributed by atoms with Gasteiger partial charge in [-0.05, 0) is 36.6 Å². The molecular formula is C16H16BrClN2O. The Morgan fingerprint density at radius 3 is 2.86 bits per heavy atom. The van der Waals surface area contributed by atoms with Gasteiger partial charge in [-0.25, -0.2) is 0 Å². The number of amides is 1. The summed E-state index contributed by atoms with van der Waals surface area (Å²) in [5.74, 6) is 0.00813. The second-order valence-electron chi connectivity index (χ2n) is 5.47. The van der Waals surface area contributed by atoms with Gasteiger partial charge < -0.3 is 9.47 Å². The Balaban J connectivity index is 1.78. The van der Waals surface area contributed by atoms with E-state index in [1.165, 1.54) is 0 Å². The number of carbonyl (C=O) groups is 1. The standard InChI is InChI=1S/C16H16BrClN2O/c1-19(9-11-3-2-4-12(17)7-11)16(21)15-8-13(18)10-20(15)14-5-6-14/h2-4,7-8,10,14H,5-6,9H2,1H3. The van der Waals surface area contributed by atoms with Crippen molar-refractivity contribution in [3.05, 3.63) is 57.3 Å². The summed E-state index contributed by atoms with van der Waals surface area (Å²) in [6.45, 7) is 0.575. The number of carbonyl (C=O) groups excluding carboxylic acids is 1. The van der Waals surface area contributed by atoms with Crippen molar-refractivity contribution < 1.29 is 4.79 Å². The summed E-state index contributed by atoms with van der Waals surface area (Å²) < 4.78 is 3.03. The Morgan fingerprint density at radius 1 is 1.43 bits per heavy atom. The van der Waals surface area contributed by atoms with Crippen molar-refractivity contribution >= 4 is 33.4 Å². The van der Waals surface area contributed by atoms with E-state index in [1.807, 2.05) is 42.1 Å². The molecule has 1 saturated carbocycles. The van der Waals surface area contributed by atoms with Crippen LogP contribution in [0, 0.1) is 0 Å². The van der Waals surface area contributed by atoms with Crippen LogP contribution >= 0.6 is 27.5 Å². The van der Waals surface area contributed by atoms with Crippen molar-refractivity contribution in [3.8, 4) is 0 Å². The van der Waals surface area contributed by atoms with Crippen molar-refractivity contribution in [1.82, 2.24) is 9.47 Å². The summed E-state index contributed by atoms with van der Waals surface area (Å²) in [6, 6.07) is 10.2. The summed E-state index contributed by atoms with van der Waals surface area (Å²) in [5, 5.41) is 0.626. The fourth-order valence-corrected chi connectivity index (χ4v) is 3.10. The summed E-state index contributed by atoms with van der Waals surface area (Å²) >= 11 is 9.52. The van der Waals surface area contributed by atoms with Crippen LogP contribution in [0.25, 0.3) is 0 Å². The molecule has 1 aromatic heterocycles. The lowest BCUT2D eigenvalue weighted by Crippen LogP contribution is -2.28. The van der Waals surface area contributed by atoms with Gasteiger partial charge in [-0.3, -0.25) is 4.79 Å². The largest absolute Gasteiger partial charge is 0.339 e. The Bertz CT molecular complexity index is 679. The van der Waals surface area contributed by atoms with Crippen molar-refractivity contribution in [1.29, 1.82) is 0 Å². The third kappa shape index (κ3) is 3.33. The Kier molecular flexibility index (Phi) is 4.09. The van der Waals surface area contributed by atoms with Gasteiger partial charge >= 0.3 is 0 Å². The molecule has 1 aromatic carbocycles. The molecule has 3 nitrogen and oxygen atoms in total. The predicted octanol–water partition coefficient (Wildman–Crippen LogP) is 4.51. The number of aromatic nitrogens is 1. The first-order valence-corrected chi connectivity index (χ1v) is 8.09. The van der Waals surface area contributed by atoms with Crippen molar-refractivity contribution in [2.45, 2.75) is 25.4 Å². The highest BCUT2D eigenvalue weighted by molar-refractivity contribution is 9.10. The van der Waals surface area contributed by atoms with Crippen LogP contribution in [0.1, 0.15) is 34.9 Å². The topological polar surface area (TPSA) is 25.2 Å². The maximum atomic E-state index is 12.6. The molecule has 0 saturated heterocycles. The summed E-state index contributed by atoms with van der Waals surface area (Å²) in [4.78, 5) is 14.4. The van der Waals surface area contributed by atoms with E-state index in [0.29, 0.717) is 23.3 Å². The zero-order valence-electron chi connectivity index (χ0n) is 11.7. The number of benzene rings is 1. The summed E-state index contributed by atoms with van der Waals surface area (Å²) in [7, 11) is 1.82. The van der Waals surface area contributed by atoms with Crippen LogP contribution in [0.15, 0.2) is 41.0 Å². The molecule has 1 aliphatic rings. The lowest BCUT2D eigenvalue weighted by molar-refractivity contribution is 0.0774. The van der Waals surface area contributed by atoms with Gasteiger partial charge in [0.15, 0.2) is 0 Å². The number of rotatable bonds is 4. The molecule has 0 N–H and O–H groups in total. The molecule has 1 heterocycles. The van der Waals surface area contributed by atoms with Crippen molar-refractivity contribution in [2.24, 2.45) is 0 Å². The molecule has 110 valence electrons. The minimum absolute atomic E-state index is 0.00813. The number of halogens is 2. The first kappa shape index (κ1) is 14.7. The second kappa shape index (κ2) is 5.85. The monoisotopic (exact) mass is 366 g/mol. The van der Waals surface area contributed by atoms with Crippen molar-refractivity contribution in [3.63, 3.8) is 0 Å². The minimum Gasteiger partial charge on any atom is -0.339 e. The van der Waals surface area contributed by atoms with Gasteiger partial charge in [0.1, 0.15) is 5.69 Å². The second-order valence-corrected chi connectivity index (χ2v) is 6.83. The third-order valence-corrected chi connectivity index (χ3v) is 4.33. The highest BCUT2D eigenvalue weighted by Crippen LogP contribution is 2.37. The molecule has 1 amide bonds. The van der Waals surface area contributed by atoms with Gasteiger partial charge in [0.25, 0.3) is 5.91 Å². The molecule has 0 aliphatic heterocycles. The van der Waals surface area contributed by atoms with Gasteiger partial charge in [0, 0.05) is 30.3 Å². The maximum Gasteiger partial charge on any atom is 0.270 e. The maximum absolute atomic E-state index is 12.6. The SMILES string of the molecule is CN(Cc1cccc(Br)c1)C(=O)c1cc(Cl)cn1C1CC1. The van der Waals surface area contributed by atoms with E-state index in [2.05, 4.69) is 15.9 Å².